The number of nitrogens with two attached hydrogens (primary N) is 1. The van der Waals surface area contributed by atoms with Gasteiger partial charge in [0.1, 0.15) is 11.6 Å². The van der Waals surface area contributed by atoms with Gasteiger partial charge < -0.3 is 11.1 Å². The summed E-state index contributed by atoms with van der Waals surface area (Å²) >= 11 is 0. The van der Waals surface area contributed by atoms with Gasteiger partial charge in [-0.25, -0.2) is 9.97 Å². The Morgan fingerprint density at radius 2 is 1.75 bits per heavy atom. The van der Waals surface area contributed by atoms with Crippen molar-refractivity contribution >= 4 is 22.4 Å². The summed E-state index contributed by atoms with van der Waals surface area (Å²) in [5.41, 5.74) is 8.80. The van der Waals surface area contributed by atoms with Crippen molar-refractivity contribution < 1.29 is 0 Å². The van der Waals surface area contributed by atoms with E-state index in [4.69, 9.17) is 5.73 Å². The Kier molecular flexibility index (Phi) is 3.31. The average Bonchev–Trinajstić information content (AvgIpc) is 2.49. The molecule has 0 spiro atoms. The SMILES string of the molecule is Cc1ccc(Nc2nc(CN)nc3ccccc23)cc1. The molecule has 1 aromatic heterocycles. The van der Waals surface area contributed by atoms with Crippen LogP contribution in [0, 0.1) is 6.92 Å². The van der Waals surface area contributed by atoms with E-state index >= 15 is 0 Å². The number of para-hydroxylation sites is 1. The van der Waals surface area contributed by atoms with Crippen LogP contribution in [0.25, 0.3) is 10.9 Å². The van der Waals surface area contributed by atoms with Crippen LogP contribution in [0.4, 0.5) is 11.5 Å². The van der Waals surface area contributed by atoms with Gasteiger partial charge in [0.25, 0.3) is 0 Å². The molecule has 4 nitrogen and oxygen atoms in total. The first-order valence-corrected chi connectivity index (χ1v) is 6.55. The lowest BCUT2D eigenvalue weighted by Gasteiger charge is -2.10. The van der Waals surface area contributed by atoms with Gasteiger partial charge in [-0.1, -0.05) is 29.8 Å². The normalized spacial score (nSPS) is 10.7. The number of aromatic nitrogens is 2. The second-order valence-electron chi connectivity index (χ2n) is 4.70. The van der Waals surface area contributed by atoms with Crippen molar-refractivity contribution in [3.63, 3.8) is 0 Å². The molecule has 3 aromatic rings. The zero-order valence-electron chi connectivity index (χ0n) is 11.3. The molecule has 0 aliphatic rings. The predicted molar refractivity (Wildman–Crippen MR) is 81.9 cm³/mol. The maximum Gasteiger partial charge on any atom is 0.144 e. The quantitative estimate of drug-likeness (QED) is 0.762. The van der Waals surface area contributed by atoms with Gasteiger partial charge in [0.2, 0.25) is 0 Å². The van der Waals surface area contributed by atoms with Crippen LogP contribution >= 0.6 is 0 Å². The lowest BCUT2D eigenvalue weighted by atomic mass is 10.2. The second-order valence-corrected chi connectivity index (χ2v) is 4.70. The predicted octanol–water partition coefficient (Wildman–Crippen LogP) is 3.14. The number of benzene rings is 2. The Morgan fingerprint density at radius 1 is 1.00 bits per heavy atom. The molecule has 100 valence electrons. The van der Waals surface area contributed by atoms with E-state index in [2.05, 4.69) is 34.3 Å². The van der Waals surface area contributed by atoms with E-state index in [1.807, 2.05) is 36.4 Å². The van der Waals surface area contributed by atoms with Crippen molar-refractivity contribution in [1.29, 1.82) is 0 Å². The highest BCUT2D eigenvalue weighted by Gasteiger charge is 2.06. The highest BCUT2D eigenvalue weighted by atomic mass is 15.0. The number of anilines is 2. The van der Waals surface area contributed by atoms with Crippen LogP contribution in [-0.2, 0) is 6.54 Å². The summed E-state index contributed by atoms with van der Waals surface area (Å²) in [6.07, 6.45) is 0. The molecule has 0 aliphatic heterocycles. The summed E-state index contributed by atoms with van der Waals surface area (Å²) in [6, 6.07) is 16.1. The molecule has 0 saturated heterocycles. The molecule has 0 bridgehead atoms. The average molecular weight is 264 g/mol. The number of hydrogen-bond donors (Lipinski definition) is 2. The molecule has 1 heterocycles. The highest BCUT2D eigenvalue weighted by molar-refractivity contribution is 5.90. The molecule has 0 amide bonds. The second kappa shape index (κ2) is 5.27. The minimum Gasteiger partial charge on any atom is -0.340 e. The molecule has 4 heteroatoms. The number of fused-ring (bicyclic) bond motifs is 1. The van der Waals surface area contributed by atoms with Gasteiger partial charge in [-0.2, -0.15) is 0 Å². The summed E-state index contributed by atoms with van der Waals surface area (Å²) in [6.45, 7) is 2.39. The van der Waals surface area contributed by atoms with E-state index in [0.717, 1.165) is 22.4 Å². The maximum absolute atomic E-state index is 5.67. The standard InChI is InChI=1S/C16H16N4/c1-11-6-8-12(9-7-11)18-16-13-4-2-3-5-14(13)19-15(10-17)20-16/h2-9H,10,17H2,1H3,(H,18,19,20). The Hall–Kier alpha value is -2.46. The first-order valence-electron chi connectivity index (χ1n) is 6.55. The van der Waals surface area contributed by atoms with E-state index in [9.17, 15) is 0 Å². The minimum atomic E-state index is 0.327. The summed E-state index contributed by atoms with van der Waals surface area (Å²) in [5.74, 6) is 1.43. The molecule has 3 N–H and O–H groups in total. The van der Waals surface area contributed by atoms with Crippen LogP contribution in [0.3, 0.4) is 0 Å². The number of nitrogens with zero attached hydrogens (tertiary/aromatic N) is 2. The third-order valence-corrected chi connectivity index (χ3v) is 3.15. The van der Waals surface area contributed by atoms with Gasteiger partial charge in [0.15, 0.2) is 0 Å². The fourth-order valence-electron chi connectivity index (χ4n) is 2.08. The first kappa shape index (κ1) is 12.6. The molecule has 2 aromatic carbocycles. The van der Waals surface area contributed by atoms with Crippen LogP contribution in [0.15, 0.2) is 48.5 Å². The highest BCUT2D eigenvalue weighted by Crippen LogP contribution is 2.23. The van der Waals surface area contributed by atoms with Crippen molar-refractivity contribution in [3.8, 4) is 0 Å². The lowest BCUT2D eigenvalue weighted by Crippen LogP contribution is -2.06. The summed E-state index contributed by atoms with van der Waals surface area (Å²) in [4.78, 5) is 8.92. The first-order chi connectivity index (χ1) is 9.76. The molecular formula is C16H16N4. The van der Waals surface area contributed by atoms with Crippen molar-refractivity contribution in [2.45, 2.75) is 13.5 Å². The Labute approximate surface area is 117 Å². The minimum absolute atomic E-state index is 0.327. The van der Waals surface area contributed by atoms with E-state index in [0.29, 0.717) is 12.4 Å². The fourth-order valence-corrected chi connectivity index (χ4v) is 2.08. The van der Waals surface area contributed by atoms with E-state index < -0.39 is 0 Å². The van der Waals surface area contributed by atoms with Gasteiger partial charge in [-0.15, -0.1) is 0 Å². The molecule has 0 atom stereocenters. The van der Waals surface area contributed by atoms with Crippen molar-refractivity contribution in [2.24, 2.45) is 5.73 Å². The van der Waals surface area contributed by atoms with Crippen LogP contribution in [0.2, 0.25) is 0 Å². The van der Waals surface area contributed by atoms with Crippen molar-refractivity contribution in [2.75, 3.05) is 5.32 Å². The summed E-state index contributed by atoms with van der Waals surface area (Å²) in [5, 5.41) is 4.33. The molecule has 0 unspecified atom stereocenters. The zero-order valence-corrected chi connectivity index (χ0v) is 11.3. The molecular weight excluding hydrogens is 248 g/mol. The largest absolute Gasteiger partial charge is 0.340 e. The van der Waals surface area contributed by atoms with Crippen LogP contribution in [0.1, 0.15) is 11.4 Å². The van der Waals surface area contributed by atoms with Crippen molar-refractivity contribution in [1.82, 2.24) is 9.97 Å². The number of aryl methyl sites for hydroxylation is 1. The number of nitrogens with one attached hydrogen (secondary N) is 1. The van der Waals surface area contributed by atoms with Crippen LogP contribution in [0.5, 0.6) is 0 Å². The molecule has 0 radical (unpaired) electrons. The maximum atomic E-state index is 5.67. The molecule has 0 fully saturated rings. The molecule has 3 rings (SSSR count). The zero-order chi connectivity index (χ0) is 13.9. The van der Waals surface area contributed by atoms with Crippen LogP contribution < -0.4 is 11.1 Å². The van der Waals surface area contributed by atoms with Crippen LogP contribution in [-0.4, -0.2) is 9.97 Å². The molecule has 0 aliphatic carbocycles. The van der Waals surface area contributed by atoms with Gasteiger partial charge in [0.05, 0.1) is 12.1 Å². The topological polar surface area (TPSA) is 63.8 Å². The van der Waals surface area contributed by atoms with Crippen molar-refractivity contribution in [3.05, 3.63) is 59.9 Å². The number of rotatable bonds is 3. The third-order valence-electron chi connectivity index (χ3n) is 3.15. The summed E-state index contributed by atoms with van der Waals surface area (Å²) < 4.78 is 0. The third kappa shape index (κ3) is 2.46. The van der Waals surface area contributed by atoms with Gasteiger partial charge in [-0.3, -0.25) is 0 Å². The monoisotopic (exact) mass is 264 g/mol. The van der Waals surface area contributed by atoms with Gasteiger partial charge in [-0.05, 0) is 31.2 Å². The Bertz CT molecular complexity index is 735. The Morgan fingerprint density at radius 3 is 2.50 bits per heavy atom. The van der Waals surface area contributed by atoms with E-state index in [-0.39, 0.29) is 0 Å². The molecule has 20 heavy (non-hydrogen) atoms. The van der Waals surface area contributed by atoms with Gasteiger partial charge >= 0.3 is 0 Å². The smallest absolute Gasteiger partial charge is 0.144 e. The Balaban J connectivity index is 2.07. The molecule has 0 saturated carbocycles. The van der Waals surface area contributed by atoms with Gasteiger partial charge in [0, 0.05) is 11.1 Å². The lowest BCUT2D eigenvalue weighted by molar-refractivity contribution is 0.929. The van der Waals surface area contributed by atoms with E-state index in [1.54, 1.807) is 0 Å². The fraction of sp³-hybridized carbons (Fsp3) is 0.125. The summed E-state index contributed by atoms with van der Waals surface area (Å²) in [7, 11) is 0. The number of hydrogen-bond acceptors (Lipinski definition) is 4. The van der Waals surface area contributed by atoms with E-state index in [1.165, 1.54) is 5.56 Å².